The number of carboxylic acids is 2. The second-order valence-corrected chi connectivity index (χ2v) is 4.92. The van der Waals surface area contributed by atoms with Crippen LogP contribution >= 0.6 is 0 Å². The van der Waals surface area contributed by atoms with Crippen LogP contribution in [0.5, 0.6) is 0 Å². The van der Waals surface area contributed by atoms with E-state index in [0.29, 0.717) is 5.69 Å². The third-order valence-corrected chi connectivity index (χ3v) is 2.98. The van der Waals surface area contributed by atoms with Crippen LogP contribution in [0.2, 0.25) is 0 Å². The lowest BCUT2D eigenvalue weighted by Gasteiger charge is -2.20. The van der Waals surface area contributed by atoms with Crippen molar-refractivity contribution >= 4 is 23.8 Å². The van der Waals surface area contributed by atoms with E-state index in [1.54, 1.807) is 0 Å². The summed E-state index contributed by atoms with van der Waals surface area (Å²) in [6.07, 6.45) is 2.11. The van der Waals surface area contributed by atoms with Crippen molar-refractivity contribution in [2.75, 3.05) is 6.54 Å². The summed E-state index contributed by atoms with van der Waals surface area (Å²) in [7, 11) is 0. The van der Waals surface area contributed by atoms with Crippen LogP contribution in [0.15, 0.2) is 12.5 Å². The summed E-state index contributed by atoms with van der Waals surface area (Å²) >= 11 is 0. The van der Waals surface area contributed by atoms with Crippen LogP contribution in [0.1, 0.15) is 18.5 Å². The number of carbonyl (C=O) groups excluding carboxylic acids is 2. The van der Waals surface area contributed by atoms with Gasteiger partial charge in [-0.15, -0.1) is 0 Å². The number of carbonyl (C=O) groups is 4. The smallest absolute Gasteiger partial charge is 0.326 e. The van der Waals surface area contributed by atoms with Crippen molar-refractivity contribution in [2.24, 2.45) is 5.73 Å². The van der Waals surface area contributed by atoms with Gasteiger partial charge in [-0.2, -0.15) is 0 Å². The van der Waals surface area contributed by atoms with Gasteiger partial charge < -0.3 is 31.6 Å². The molecule has 7 N–H and O–H groups in total. The zero-order valence-corrected chi connectivity index (χ0v) is 12.7. The van der Waals surface area contributed by atoms with Crippen molar-refractivity contribution in [3.05, 3.63) is 18.2 Å². The van der Waals surface area contributed by atoms with Crippen molar-refractivity contribution in [3.8, 4) is 0 Å². The Morgan fingerprint density at radius 2 is 1.92 bits per heavy atom. The Bertz CT molecular complexity index is 588. The monoisotopic (exact) mass is 341 g/mol. The molecule has 0 aliphatic carbocycles. The summed E-state index contributed by atoms with van der Waals surface area (Å²) in [6.45, 7) is 0.0827. The van der Waals surface area contributed by atoms with Crippen LogP contribution in [0, 0.1) is 0 Å². The number of amides is 2. The molecule has 1 aromatic heterocycles. The summed E-state index contributed by atoms with van der Waals surface area (Å²) in [5.41, 5.74) is 5.74. The number of aromatic amines is 1. The number of rotatable bonds is 10. The topological polar surface area (TPSA) is 187 Å². The zero-order chi connectivity index (χ0) is 18.1. The van der Waals surface area contributed by atoms with Gasteiger partial charge in [0.1, 0.15) is 12.1 Å². The van der Waals surface area contributed by atoms with E-state index in [-0.39, 0.29) is 19.4 Å². The number of hydrogen-bond donors (Lipinski definition) is 6. The standard InChI is InChI=1S/C13H19N5O6/c14-2-1-10(19)17-8(3-7-5-15-6-16-7)12(22)18-9(13(23)24)4-11(20)21/h5-6,8-9H,1-4,14H2,(H,15,16)(H,17,19)(H,18,22)(H,20,21)(H,23,24)/t8-,9-/m0/s1. The lowest BCUT2D eigenvalue weighted by atomic mass is 10.1. The lowest BCUT2D eigenvalue weighted by molar-refractivity contribution is -0.147. The van der Waals surface area contributed by atoms with Crippen LogP contribution in [0.25, 0.3) is 0 Å². The molecule has 0 saturated heterocycles. The van der Waals surface area contributed by atoms with Crippen LogP contribution in [0.4, 0.5) is 0 Å². The molecule has 1 heterocycles. The van der Waals surface area contributed by atoms with E-state index in [1.807, 2.05) is 0 Å². The Hall–Kier alpha value is -2.95. The van der Waals surface area contributed by atoms with Gasteiger partial charge in [-0.05, 0) is 0 Å². The summed E-state index contributed by atoms with van der Waals surface area (Å²) in [4.78, 5) is 52.3. The molecular weight excluding hydrogens is 322 g/mol. The highest BCUT2D eigenvalue weighted by Crippen LogP contribution is 2.02. The van der Waals surface area contributed by atoms with Crippen LogP contribution in [0.3, 0.4) is 0 Å². The van der Waals surface area contributed by atoms with Gasteiger partial charge in [0.25, 0.3) is 0 Å². The van der Waals surface area contributed by atoms with E-state index in [2.05, 4.69) is 20.6 Å². The number of nitrogens with zero attached hydrogens (tertiary/aromatic N) is 1. The van der Waals surface area contributed by atoms with Gasteiger partial charge >= 0.3 is 11.9 Å². The molecule has 0 bridgehead atoms. The Kier molecular flexibility index (Phi) is 7.36. The predicted molar refractivity (Wildman–Crippen MR) is 79.7 cm³/mol. The summed E-state index contributed by atoms with van der Waals surface area (Å²) in [6, 6.07) is -2.72. The fraction of sp³-hybridized carbons (Fsp3) is 0.462. The Morgan fingerprint density at radius 3 is 2.42 bits per heavy atom. The van der Waals surface area contributed by atoms with Gasteiger partial charge in [0.15, 0.2) is 0 Å². The Morgan fingerprint density at radius 1 is 1.21 bits per heavy atom. The molecule has 11 heteroatoms. The maximum Gasteiger partial charge on any atom is 0.326 e. The number of aromatic nitrogens is 2. The number of H-pyrrole nitrogens is 1. The number of carboxylic acid groups (broad SMARTS) is 2. The molecule has 0 spiro atoms. The van der Waals surface area contributed by atoms with E-state index in [4.69, 9.17) is 15.9 Å². The van der Waals surface area contributed by atoms with E-state index in [0.717, 1.165) is 0 Å². The van der Waals surface area contributed by atoms with Crippen molar-refractivity contribution in [2.45, 2.75) is 31.3 Å². The van der Waals surface area contributed by atoms with Crippen molar-refractivity contribution < 1.29 is 29.4 Å². The molecule has 0 fully saturated rings. The van der Waals surface area contributed by atoms with Gasteiger partial charge in [0, 0.05) is 25.6 Å². The fourth-order valence-corrected chi connectivity index (χ4v) is 1.87. The second kappa shape index (κ2) is 9.25. The Balaban J connectivity index is 2.82. The first kappa shape index (κ1) is 19.1. The van der Waals surface area contributed by atoms with Crippen LogP contribution in [-0.2, 0) is 25.6 Å². The van der Waals surface area contributed by atoms with Crippen LogP contribution in [-0.4, -0.2) is 62.6 Å². The molecular formula is C13H19N5O6. The van der Waals surface area contributed by atoms with Gasteiger partial charge in [-0.1, -0.05) is 0 Å². The molecule has 0 unspecified atom stereocenters. The predicted octanol–water partition coefficient (Wildman–Crippen LogP) is -2.17. The van der Waals surface area contributed by atoms with Gasteiger partial charge in [-0.3, -0.25) is 14.4 Å². The first-order valence-corrected chi connectivity index (χ1v) is 7.05. The molecule has 2 amide bonds. The maximum atomic E-state index is 12.3. The van der Waals surface area contributed by atoms with Gasteiger partial charge in [0.05, 0.1) is 18.4 Å². The minimum absolute atomic E-state index is 0.00502. The van der Waals surface area contributed by atoms with E-state index >= 15 is 0 Å². The molecule has 132 valence electrons. The van der Waals surface area contributed by atoms with E-state index in [9.17, 15) is 19.2 Å². The fourth-order valence-electron chi connectivity index (χ4n) is 1.87. The minimum atomic E-state index is -1.61. The average molecular weight is 341 g/mol. The highest BCUT2D eigenvalue weighted by Gasteiger charge is 2.28. The minimum Gasteiger partial charge on any atom is -0.481 e. The quantitative estimate of drug-likeness (QED) is 0.277. The molecule has 2 atom stereocenters. The Labute approximate surface area is 136 Å². The number of imidazole rings is 1. The first-order chi connectivity index (χ1) is 11.3. The van der Waals surface area contributed by atoms with Crippen LogP contribution < -0.4 is 16.4 Å². The highest BCUT2D eigenvalue weighted by atomic mass is 16.4. The largest absolute Gasteiger partial charge is 0.481 e. The highest BCUT2D eigenvalue weighted by molar-refractivity contribution is 5.91. The van der Waals surface area contributed by atoms with Crippen molar-refractivity contribution in [1.29, 1.82) is 0 Å². The van der Waals surface area contributed by atoms with E-state index in [1.165, 1.54) is 12.5 Å². The second-order valence-electron chi connectivity index (χ2n) is 4.92. The molecule has 0 radical (unpaired) electrons. The number of aliphatic carboxylic acids is 2. The van der Waals surface area contributed by atoms with Crippen molar-refractivity contribution in [1.82, 2.24) is 20.6 Å². The third kappa shape index (κ3) is 6.44. The summed E-state index contributed by atoms with van der Waals surface area (Å²) < 4.78 is 0. The zero-order valence-electron chi connectivity index (χ0n) is 12.7. The maximum absolute atomic E-state index is 12.3. The number of nitrogens with two attached hydrogens (primary N) is 1. The molecule has 0 saturated carbocycles. The van der Waals surface area contributed by atoms with E-state index < -0.39 is 42.3 Å². The van der Waals surface area contributed by atoms with Crippen molar-refractivity contribution in [3.63, 3.8) is 0 Å². The number of hydrogen-bond acceptors (Lipinski definition) is 6. The normalized spacial score (nSPS) is 12.9. The molecule has 0 aliphatic heterocycles. The summed E-state index contributed by atoms with van der Waals surface area (Å²) in [5, 5.41) is 22.2. The molecule has 0 aliphatic rings. The number of nitrogens with one attached hydrogen (secondary N) is 3. The lowest BCUT2D eigenvalue weighted by Crippen LogP contribution is -2.53. The van der Waals surface area contributed by atoms with Gasteiger partial charge in [0.2, 0.25) is 11.8 Å². The third-order valence-electron chi connectivity index (χ3n) is 2.98. The first-order valence-electron chi connectivity index (χ1n) is 7.05. The molecule has 11 nitrogen and oxygen atoms in total. The molecule has 0 aromatic carbocycles. The molecule has 24 heavy (non-hydrogen) atoms. The SMILES string of the molecule is NCCC(=O)N[C@@H](Cc1c[nH]cn1)C(=O)N[C@@H](CC(=O)O)C(=O)O. The average Bonchev–Trinajstić information content (AvgIpc) is 2.98. The molecule has 1 rings (SSSR count). The molecule has 1 aromatic rings. The van der Waals surface area contributed by atoms with Gasteiger partial charge in [-0.25, -0.2) is 9.78 Å². The summed E-state index contributed by atoms with van der Waals surface area (Å²) in [5.74, 6) is -4.17.